The van der Waals surface area contributed by atoms with Crippen molar-refractivity contribution in [2.45, 2.75) is 12.2 Å². The average Bonchev–Trinajstić information content (AvgIpc) is 2.49. The maximum Gasteiger partial charge on any atom is 0.234 e. The second kappa shape index (κ2) is 7.22. The van der Waals surface area contributed by atoms with Gasteiger partial charge in [-0.2, -0.15) is 0 Å². The van der Waals surface area contributed by atoms with Gasteiger partial charge in [0.25, 0.3) is 0 Å². The summed E-state index contributed by atoms with van der Waals surface area (Å²) in [6.45, 7) is 2.00. The summed E-state index contributed by atoms with van der Waals surface area (Å²) in [4.78, 5) is 11.8. The number of halogens is 2. The van der Waals surface area contributed by atoms with E-state index in [1.54, 1.807) is 0 Å². The van der Waals surface area contributed by atoms with Crippen molar-refractivity contribution >= 4 is 23.4 Å². The highest BCUT2D eigenvalue weighted by molar-refractivity contribution is 8.00. The van der Waals surface area contributed by atoms with Crippen LogP contribution in [0.5, 0.6) is 0 Å². The number of hydrogen-bond donors (Lipinski definition) is 1. The van der Waals surface area contributed by atoms with Crippen molar-refractivity contribution in [3.05, 3.63) is 65.7 Å². The molecule has 0 unspecified atom stereocenters. The van der Waals surface area contributed by atoms with E-state index in [2.05, 4.69) is 5.32 Å². The summed E-state index contributed by atoms with van der Waals surface area (Å²) < 4.78 is 26.4. The molecule has 0 heterocycles. The molecule has 0 saturated heterocycles. The van der Waals surface area contributed by atoms with E-state index < -0.39 is 11.6 Å². The second-order valence-corrected chi connectivity index (χ2v) is 5.87. The fourth-order valence-corrected chi connectivity index (χ4v) is 2.62. The molecule has 2 nitrogen and oxygen atoms in total. The van der Waals surface area contributed by atoms with Crippen molar-refractivity contribution in [2.75, 3.05) is 11.1 Å². The molecule has 0 spiro atoms. The molecule has 21 heavy (non-hydrogen) atoms. The highest BCUT2D eigenvalue weighted by Crippen LogP contribution is 2.27. The fourth-order valence-electron chi connectivity index (χ4n) is 1.80. The third kappa shape index (κ3) is 4.56. The van der Waals surface area contributed by atoms with Gasteiger partial charge in [-0.3, -0.25) is 4.79 Å². The van der Waals surface area contributed by atoms with E-state index in [0.717, 1.165) is 23.8 Å². The van der Waals surface area contributed by atoms with Crippen LogP contribution in [0.3, 0.4) is 0 Å². The van der Waals surface area contributed by atoms with Gasteiger partial charge in [0, 0.05) is 11.3 Å². The highest BCUT2D eigenvalue weighted by Gasteiger charge is 2.11. The van der Waals surface area contributed by atoms with Gasteiger partial charge in [0.15, 0.2) is 0 Å². The van der Waals surface area contributed by atoms with Gasteiger partial charge in [0.2, 0.25) is 5.91 Å². The first-order chi connectivity index (χ1) is 10.1. The summed E-state index contributed by atoms with van der Waals surface area (Å²) in [5.74, 6) is -1.42. The molecule has 0 bridgehead atoms. The zero-order chi connectivity index (χ0) is 15.2. The van der Waals surface area contributed by atoms with Crippen molar-refractivity contribution < 1.29 is 13.6 Å². The summed E-state index contributed by atoms with van der Waals surface area (Å²) in [7, 11) is 0. The molecule has 2 aromatic carbocycles. The van der Waals surface area contributed by atoms with Gasteiger partial charge in [-0.15, -0.1) is 11.8 Å². The zero-order valence-corrected chi connectivity index (χ0v) is 12.3. The first kappa shape index (κ1) is 15.5. The Balaban J connectivity index is 1.89. The van der Waals surface area contributed by atoms with E-state index in [1.807, 2.05) is 37.3 Å². The summed E-state index contributed by atoms with van der Waals surface area (Å²) in [6.07, 6.45) is 0. The monoisotopic (exact) mass is 307 g/mol. The Morgan fingerprint density at radius 2 is 1.90 bits per heavy atom. The number of hydrogen-bond acceptors (Lipinski definition) is 2. The van der Waals surface area contributed by atoms with Crippen LogP contribution in [-0.2, 0) is 4.79 Å². The number of rotatable bonds is 5. The minimum Gasteiger partial charge on any atom is -0.323 e. The molecule has 2 rings (SSSR count). The second-order valence-electron chi connectivity index (χ2n) is 4.54. The van der Waals surface area contributed by atoms with E-state index in [9.17, 15) is 13.6 Å². The van der Waals surface area contributed by atoms with Crippen LogP contribution in [0.15, 0.2) is 48.5 Å². The molecular weight excluding hydrogens is 292 g/mol. The lowest BCUT2D eigenvalue weighted by atomic mass is 10.2. The third-order valence-corrected chi connectivity index (χ3v) is 4.14. The zero-order valence-electron chi connectivity index (χ0n) is 11.5. The number of thioether (sulfide) groups is 1. The molecule has 0 saturated carbocycles. The Kier molecular flexibility index (Phi) is 5.33. The molecule has 0 aliphatic carbocycles. The third-order valence-electron chi connectivity index (χ3n) is 2.94. The van der Waals surface area contributed by atoms with Crippen LogP contribution in [0.2, 0.25) is 0 Å². The van der Waals surface area contributed by atoms with Crippen LogP contribution < -0.4 is 5.32 Å². The Morgan fingerprint density at radius 1 is 1.19 bits per heavy atom. The lowest BCUT2D eigenvalue weighted by molar-refractivity contribution is -0.113. The summed E-state index contributed by atoms with van der Waals surface area (Å²) >= 11 is 1.44. The fraction of sp³-hybridized carbons (Fsp3) is 0.188. The predicted octanol–water partition coefficient (Wildman–Crippen LogP) is 4.40. The molecule has 0 aliphatic heterocycles. The van der Waals surface area contributed by atoms with Gasteiger partial charge in [-0.25, -0.2) is 8.78 Å². The van der Waals surface area contributed by atoms with Crippen LogP contribution in [0.1, 0.15) is 17.7 Å². The maximum absolute atomic E-state index is 13.4. The first-order valence-electron chi connectivity index (χ1n) is 6.47. The first-order valence-corrected chi connectivity index (χ1v) is 7.52. The van der Waals surface area contributed by atoms with Crippen LogP contribution in [0.25, 0.3) is 0 Å². The van der Waals surface area contributed by atoms with Gasteiger partial charge in [-0.1, -0.05) is 30.3 Å². The van der Waals surface area contributed by atoms with Crippen molar-refractivity contribution in [1.82, 2.24) is 0 Å². The predicted molar refractivity (Wildman–Crippen MR) is 82.3 cm³/mol. The van der Waals surface area contributed by atoms with Crippen LogP contribution >= 0.6 is 11.8 Å². The lowest BCUT2D eigenvalue weighted by Crippen LogP contribution is -2.15. The molecule has 2 aromatic rings. The van der Waals surface area contributed by atoms with Gasteiger partial charge in [0.1, 0.15) is 11.6 Å². The highest BCUT2D eigenvalue weighted by atomic mass is 32.2. The van der Waals surface area contributed by atoms with Crippen molar-refractivity contribution in [3.63, 3.8) is 0 Å². The van der Waals surface area contributed by atoms with Crippen LogP contribution in [0, 0.1) is 11.6 Å². The minimum absolute atomic E-state index is 0.132. The van der Waals surface area contributed by atoms with Crippen LogP contribution in [-0.4, -0.2) is 11.7 Å². The summed E-state index contributed by atoms with van der Waals surface area (Å²) in [5.41, 5.74) is 0.986. The molecule has 0 fully saturated rings. The van der Waals surface area contributed by atoms with Gasteiger partial charge in [0.05, 0.1) is 11.4 Å². The summed E-state index contributed by atoms with van der Waals surface area (Å²) in [5, 5.41) is 2.53. The topological polar surface area (TPSA) is 29.1 Å². The van der Waals surface area contributed by atoms with Crippen molar-refractivity contribution in [2.24, 2.45) is 0 Å². The molecule has 1 amide bonds. The molecule has 1 atom stereocenters. The Labute approximate surface area is 126 Å². The lowest BCUT2D eigenvalue weighted by Gasteiger charge is -2.12. The van der Waals surface area contributed by atoms with E-state index in [4.69, 9.17) is 0 Å². The minimum atomic E-state index is -0.647. The number of anilines is 1. The van der Waals surface area contributed by atoms with E-state index in [0.29, 0.717) is 0 Å². The van der Waals surface area contributed by atoms with E-state index in [1.165, 1.54) is 11.8 Å². The van der Waals surface area contributed by atoms with Gasteiger partial charge in [-0.05, 0) is 24.6 Å². The molecule has 0 radical (unpaired) electrons. The SMILES string of the molecule is C[C@H](SCC(=O)Nc1cc(F)ccc1F)c1ccccc1. The Hall–Kier alpha value is -1.88. The molecule has 5 heteroatoms. The van der Waals surface area contributed by atoms with E-state index in [-0.39, 0.29) is 22.6 Å². The number of carbonyl (C=O) groups is 1. The summed E-state index contributed by atoms with van der Waals surface area (Å²) in [6, 6.07) is 12.8. The Morgan fingerprint density at radius 3 is 2.62 bits per heavy atom. The average molecular weight is 307 g/mol. The van der Waals surface area contributed by atoms with Crippen molar-refractivity contribution in [3.8, 4) is 0 Å². The van der Waals surface area contributed by atoms with Gasteiger partial charge >= 0.3 is 0 Å². The largest absolute Gasteiger partial charge is 0.323 e. The number of nitrogens with one attached hydrogen (secondary N) is 1. The van der Waals surface area contributed by atoms with Crippen molar-refractivity contribution in [1.29, 1.82) is 0 Å². The molecule has 0 aliphatic rings. The quantitative estimate of drug-likeness (QED) is 0.887. The van der Waals surface area contributed by atoms with Gasteiger partial charge < -0.3 is 5.32 Å². The molecule has 1 N–H and O–H groups in total. The molecule has 110 valence electrons. The van der Waals surface area contributed by atoms with Crippen LogP contribution in [0.4, 0.5) is 14.5 Å². The number of carbonyl (C=O) groups excluding carboxylic acids is 1. The molecule has 0 aromatic heterocycles. The maximum atomic E-state index is 13.4. The normalized spacial score (nSPS) is 12.0. The van der Waals surface area contributed by atoms with E-state index >= 15 is 0 Å². The number of amides is 1. The smallest absolute Gasteiger partial charge is 0.234 e. The molecular formula is C16H15F2NOS. The standard InChI is InChI=1S/C16H15F2NOS/c1-11(12-5-3-2-4-6-12)21-10-16(20)19-15-9-13(17)7-8-14(15)18/h2-9,11H,10H2,1H3,(H,19,20)/t11-/m0/s1. The number of benzene rings is 2. The Bertz CT molecular complexity index is 619.